The van der Waals surface area contributed by atoms with Crippen molar-refractivity contribution in [1.82, 2.24) is 15.1 Å². The molecule has 128 valence electrons. The van der Waals surface area contributed by atoms with Gasteiger partial charge in [0.15, 0.2) is 0 Å². The van der Waals surface area contributed by atoms with Crippen molar-refractivity contribution >= 4 is 0 Å². The highest BCUT2D eigenvalue weighted by Crippen LogP contribution is 2.31. The average molecular weight is 317 g/mol. The first-order valence-electron chi connectivity index (χ1n) is 9.12. The number of nitrogens with one attached hydrogen (secondary N) is 1. The highest BCUT2D eigenvalue weighted by atomic mass is 16.5. The molecule has 1 N–H and O–H groups in total. The summed E-state index contributed by atoms with van der Waals surface area (Å²) in [6.07, 6.45) is 2.39. The minimum atomic E-state index is 0.674. The fraction of sp³-hybridized carbons (Fsp3) is 0.684. The highest BCUT2D eigenvalue weighted by molar-refractivity contribution is 5.44. The molecule has 0 bridgehead atoms. The monoisotopic (exact) mass is 317 g/mol. The van der Waals surface area contributed by atoms with Crippen molar-refractivity contribution in [1.29, 1.82) is 0 Å². The number of hydrogen-bond donors (Lipinski definition) is 1. The van der Waals surface area contributed by atoms with Crippen LogP contribution in [0.2, 0.25) is 0 Å². The lowest BCUT2D eigenvalue weighted by molar-refractivity contribution is 0.207. The van der Waals surface area contributed by atoms with Crippen LogP contribution in [0, 0.1) is 0 Å². The Kier molecular flexibility index (Phi) is 5.57. The molecule has 3 rings (SSSR count). The third-order valence-electron chi connectivity index (χ3n) is 5.26. The first-order valence-corrected chi connectivity index (χ1v) is 9.12. The van der Waals surface area contributed by atoms with Crippen LogP contribution in [0.4, 0.5) is 0 Å². The molecule has 0 radical (unpaired) electrons. The number of rotatable bonds is 5. The van der Waals surface area contributed by atoms with Gasteiger partial charge in [0.05, 0.1) is 6.61 Å². The average Bonchev–Trinajstić information content (AvgIpc) is 2.56. The Labute approximate surface area is 140 Å². The van der Waals surface area contributed by atoms with Gasteiger partial charge in [-0.1, -0.05) is 13.0 Å². The summed E-state index contributed by atoms with van der Waals surface area (Å²) in [4.78, 5) is 5.01. The third kappa shape index (κ3) is 3.87. The maximum Gasteiger partial charge on any atom is 0.124 e. The summed E-state index contributed by atoms with van der Waals surface area (Å²) in [7, 11) is 2.24. The van der Waals surface area contributed by atoms with E-state index in [1.165, 1.54) is 29.5 Å². The summed E-state index contributed by atoms with van der Waals surface area (Å²) < 4.78 is 5.97. The number of hydrogen-bond acceptors (Lipinski definition) is 4. The maximum atomic E-state index is 5.97. The molecule has 2 aliphatic rings. The summed E-state index contributed by atoms with van der Waals surface area (Å²) >= 11 is 0. The molecule has 1 aromatic carbocycles. The molecule has 0 amide bonds. The number of nitrogens with zero attached hydrogens (tertiary/aromatic N) is 2. The van der Waals surface area contributed by atoms with E-state index in [2.05, 4.69) is 48.1 Å². The number of likely N-dealkylation sites (N-methyl/N-ethyl adjacent to an activating group) is 1. The number of piperazine rings is 1. The Hall–Kier alpha value is -1.10. The summed E-state index contributed by atoms with van der Waals surface area (Å²) in [6.45, 7) is 11.6. The third-order valence-corrected chi connectivity index (χ3v) is 5.26. The van der Waals surface area contributed by atoms with Gasteiger partial charge in [-0.25, -0.2) is 0 Å². The topological polar surface area (TPSA) is 27.7 Å². The van der Waals surface area contributed by atoms with Crippen LogP contribution in [0.5, 0.6) is 5.75 Å². The molecule has 2 aliphatic heterocycles. The highest BCUT2D eigenvalue weighted by Gasteiger charge is 2.24. The lowest BCUT2D eigenvalue weighted by Crippen LogP contribution is -2.43. The van der Waals surface area contributed by atoms with Crippen LogP contribution >= 0.6 is 0 Å². The van der Waals surface area contributed by atoms with Crippen LogP contribution in [0.3, 0.4) is 0 Å². The van der Waals surface area contributed by atoms with E-state index in [9.17, 15) is 0 Å². The zero-order valence-corrected chi connectivity index (χ0v) is 14.9. The van der Waals surface area contributed by atoms with Gasteiger partial charge in [0.2, 0.25) is 0 Å². The van der Waals surface area contributed by atoms with Crippen molar-refractivity contribution in [3.05, 3.63) is 28.8 Å². The van der Waals surface area contributed by atoms with E-state index in [0.717, 1.165) is 51.6 Å². The van der Waals surface area contributed by atoms with Gasteiger partial charge >= 0.3 is 0 Å². The Morgan fingerprint density at radius 1 is 1.17 bits per heavy atom. The second-order valence-corrected chi connectivity index (χ2v) is 6.87. The molecular weight excluding hydrogens is 286 g/mol. The predicted octanol–water partition coefficient (Wildman–Crippen LogP) is 2.26. The van der Waals surface area contributed by atoms with Crippen molar-refractivity contribution < 1.29 is 4.74 Å². The van der Waals surface area contributed by atoms with Crippen molar-refractivity contribution in [3.8, 4) is 5.75 Å². The predicted molar refractivity (Wildman–Crippen MR) is 95.0 cm³/mol. The summed E-state index contributed by atoms with van der Waals surface area (Å²) in [5.41, 5.74) is 4.35. The molecule has 0 saturated carbocycles. The summed E-state index contributed by atoms with van der Waals surface area (Å²) in [6, 6.07) is 5.41. The molecule has 1 unspecified atom stereocenters. The fourth-order valence-electron chi connectivity index (χ4n) is 3.84. The first kappa shape index (κ1) is 16.7. The lowest BCUT2D eigenvalue weighted by Gasteiger charge is -2.35. The van der Waals surface area contributed by atoms with Crippen molar-refractivity contribution in [2.24, 2.45) is 0 Å². The van der Waals surface area contributed by atoms with Crippen LogP contribution in [0.15, 0.2) is 12.1 Å². The van der Waals surface area contributed by atoms with Crippen molar-refractivity contribution in [3.63, 3.8) is 0 Å². The van der Waals surface area contributed by atoms with E-state index in [1.807, 2.05) is 0 Å². The van der Waals surface area contributed by atoms with Gasteiger partial charge in [-0.05, 0) is 44.0 Å². The minimum Gasteiger partial charge on any atom is -0.494 e. The molecule has 0 spiro atoms. The van der Waals surface area contributed by atoms with Crippen LogP contribution in [-0.4, -0.2) is 55.7 Å². The van der Waals surface area contributed by atoms with Gasteiger partial charge < -0.3 is 10.1 Å². The van der Waals surface area contributed by atoms with Crippen LogP contribution < -0.4 is 10.1 Å². The SMILES string of the molecule is CCOc1cc2c(cc1CN1CCNCC1)CC(CC)N(C)C2. The molecular formula is C19H31N3O. The smallest absolute Gasteiger partial charge is 0.124 e. The maximum absolute atomic E-state index is 5.97. The first-order chi connectivity index (χ1) is 11.2. The van der Waals surface area contributed by atoms with E-state index >= 15 is 0 Å². The normalized spacial score (nSPS) is 22.8. The van der Waals surface area contributed by atoms with Crippen LogP contribution in [0.25, 0.3) is 0 Å². The largest absolute Gasteiger partial charge is 0.494 e. The lowest BCUT2D eigenvalue weighted by atomic mass is 9.91. The standard InChI is InChI=1S/C19H31N3O/c1-4-18-11-15-10-17(14-22-8-6-20-7-9-22)19(23-5-2)12-16(15)13-21(18)3/h10,12,18,20H,4-9,11,13-14H2,1-3H3. The van der Waals surface area contributed by atoms with Gasteiger partial charge in [-0.15, -0.1) is 0 Å². The molecule has 1 atom stereocenters. The zero-order valence-electron chi connectivity index (χ0n) is 14.9. The van der Waals surface area contributed by atoms with E-state index in [4.69, 9.17) is 4.74 Å². The molecule has 0 aromatic heterocycles. The van der Waals surface area contributed by atoms with E-state index < -0.39 is 0 Å². The summed E-state index contributed by atoms with van der Waals surface area (Å²) in [5.74, 6) is 1.09. The second-order valence-electron chi connectivity index (χ2n) is 6.87. The number of ether oxygens (including phenoxy) is 1. The molecule has 1 fully saturated rings. The van der Waals surface area contributed by atoms with E-state index in [1.54, 1.807) is 0 Å². The quantitative estimate of drug-likeness (QED) is 0.901. The van der Waals surface area contributed by atoms with Crippen LogP contribution in [-0.2, 0) is 19.5 Å². The molecule has 2 heterocycles. The zero-order chi connectivity index (χ0) is 16.2. The van der Waals surface area contributed by atoms with Gasteiger partial charge in [-0.3, -0.25) is 9.80 Å². The molecule has 4 heteroatoms. The molecule has 1 aromatic rings. The molecule has 1 saturated heterocycles. The van der Waals surface area contributed by atoms with Crippen LogP contribution in [0.1, 0.15) is 37.0 Å². The Balaban J connectivity index is 1.85. The van der Waals surface area contributed by atoms with Gasteiger partial charge in [0.25, 0.3) is 0 Å². The number of benzene rings is 1. The molecule has 4 nitrogen and oxygen atoms in total. The number of fused-ring (bicyclic) bond motifs is 1. The Bertz CT molecular complexity index is 526. The fourth-order valence-corrected chi connectivity index (χ4v) is 3.84. The van der Waals surface area contributed by atoms with Crippen molar-refractivity contribution in [2.45, 2.75) is 45.8 Å². The van der Waals surface area contributed by atoms with Gasteiger partial charge in [-0.2, -0.15) is 0 Å². The van der Waals surface area contributed by atoms with Crippen molar-refractivity contribution in [2.75, 3.05) is 39.8 Å². The minimum absolute atomic E-state index is 0.674. The Morgan fingerprint density at radius 3 is 2.65 bits per heavy atom. The van der Waals surface area contributed by atoms with E-state index in [-0.39, 0.29) is 0 Å². The molecule has 0 aliphatic carbocycles. The second kappa shape index (κ2) is 7.65. The van der Waals surface area contributed by atoms with E-state index in [0.29, 0.717) is 6.04 Å². The molecule has 23 heavy (non-hydrogen) atoms. The Morgan fingerprint density at radius 2 is 1.96 bits per heavy atom. The summed E-state index contributed by atoms with van der Waals surface area (Å²) in [5, 5.41) is 3.43. The van der Waals surface area contributed by atoms with Gasteiger partial charge in [0.1, 0.15) is 5.75 Å². The van der Waals surface area contributed by atoms with Gasteiger partial charge in [0, 0.05) is 50.9 Å².